The molecule has 0 aromatic rings. The Labute approximate surface area is 82.9 Å². The Bertz CT molecular complexity index is 280. The summed E-state index contributed by atoms with van der Waals surface area (Å²) in [6.45, 7) is 1.89. The molecule has 0 fully saturated rings. The van der Waals surface area contributed by atoms with Crippen LogP contribution in [0.5, 0.6) is 0 Å². The van der Waals surface area contributed by atoms with Crippen molar-refractivity contribution >= 4 is 11.9 Å². The summed E-state index contributed by atoms with van der Waals surface area (Å²) in [6, 6.07) is 0. The van der Waals surface area contributed by atoms with Gasteiger partial charge in [-0.2, -0.15) is 0 Å². The molecule has 4 nitrogen and oxygen atoms in total. The van der Waals surface area contributed by atoms with Crippen LogP contribution in [0.1, 0.15) is 13.3 Å². The Kier molecular flexibility index (Phi) is 3.28. The SMILES string of the molecule is COC(=O)[C@H]1C=C(C)C[C@@H]1C(=O)OC. The number of rotatable bonds is 2. The summed E-state index contributed by atoms with van der Waals surface area (Å²) >= 11 is 0. The van der Waals surface area contributed by atoms with E-state index in [1.165, 1.54) is 14.2 Å². The summed E-state index contributed by atoms with van der Waals surface area (Å²) in [6.07, 6.45) is 2.35. The van der Waals surface area contributed by atoms with E-state index in [4.69, 9.17) is 0 Å². The maximum absolute atomic E-state index is 11.3. The molecule has 0 saturated carbocycles. The van der Waals surface area contributed by atoms with Crippen molar-refractivity contribution in [2.24, 2.45) is 11.8 Å². The van der Waals surface area contributed by atoms with E-state index in [1.807, 2.05) is 6.92 Å². The third-order valence-electron chi connectivity index (χ3n) is 2.42. The average molecular weight is 198 g/mol. The third-order valence-corrected chi connectivity index (χ3v) is 2.42. The van der Waals surface area contributed by atoms with Gasteiger partial charge in [-0.3, -0.25) is 9.59 Å². The Hall–Kier alpha value is -1.32. The molecule has 1 rings (SSSR count). The molecule has 0 saturated heterocycles. The lowest BCUT2D eigenvalue weighted by Crippen LogP contribution is -2.27. The minimum atomic E-state index is -0.479. The zero-order chi connectivity index (χ0) is 10.7. The fraction of sp³-hybridized carbons (Fsp3) is 0.600. The highest BCUT2D eigenvalue weighted by Crippen LogP contribution is 2.32. The molecule has 1 aliphatic carbocycles. The van der Waals surface area contributed by atoms with E-state index in [9.17, 15) is 9.59 Å². The minimum absolute atomic E-state index is 0.353. The second-order valence-corrected chi connectivity index (χ2v) is 3.40. The first kappa shape index (κ1) is 10.8. The zero-order valence-electron chi connectivity index (χ0n) is 8.57. The Morgan fingerprint density at radius 1 is 1.29 bits per heavy atom. The van der Waals surface area contributed by atoms with Crippen LogP contribution in [-0.2, 0) is 19.1 Å². The number of allylic oxidation sites excluding steroid dienone is 1. The van der Waals surface area contributed by atoms with Crippen LogP contribution in [0.25, 0.3) is 0 Å². The minimum Gasteiger partial charge on any atom is -0.469 e. The molecule has 0 unspecified atom stereocenters. The Balaban J connectivity index is 2.79. The summed E-state index contributed by atoms with van der Waals surface area (Å²) in [4.78, 5) is 22.6. The van der Waals surface area contributed by atoms with Crippen LogP contribution < -0.4 is 0 Å². The molecule has 0 heterocycles. The van der Waals surface area contributed by atoms with Crippen LogP contribution in [0.4, 0.5) is 0 Å². The molecule has 2 atom stereocenters. The third kappa shape index (κ3) is 1.95. The molecule has 0 radical (unpaired) electrons. The van der Waals surface area contributed by atoms with Gasteiger partial charge in [-0.1, -0.05) is 11.6 Å². The lowest BCUT2D eigenvalue weighted by Gasteiger charge is -2.14. The fourth-order valence-corrected chi connectivity index (χ4v) is 1.71. The van der Waals surface area contributed by atoms with Crippen LogP contribution in [0.2, 0.25) is 0 Å². The fourth-order valence-electron chi connectivity index (χ4n) is 1.71. The van der Waals surface area contributed by atoms with Gasteiger partial charge in [-0.15, -0.1) is 0 Å². The van der Waals surface area contributed by atoms with Crippen molar-refractivity contribution in [3.63, 3.8) is 0 Å². The van der Waals surface area contributed by atoms with Crippen molar-refractivity contribution < 1.29 is 19.1 Å². The first-order chi connectivity index (χ1) is 6.60. The molecule has 0 amide bonds. The molecular weight excluding hydrogens is 184 g/mol. The Morgan fingerprint density at radius 3 is 2.36 bits per heavy atom. The molecule has 0 spiro atoms. The Morgan fingerprint density at radius 2 is 1.86 bits per heavy atom. The largest absolute Gasteiger partial charge is 0.469 e. The number of esters is 2. The van der Waals surface area contributed by atoms with Gasteiger partial charge in [0.15, 0.2) is 0 Å². The van der Waals surface area contributed by atoms with Crippen LogP contribution in [0.3, 0.4) is 0 Å². The first-order valence-electron chi connectivity index (χ1n) is 4.43. The van der Waals surface area contributed by atoms with E-state index in [2.05, 4.69) is 9.47 Å². The molecule has 1 aliphatic rings. The number of ether oxygens (including phenoxy) is 2. The van der Waals surface area contributed by atoms with Crippen LogP contribution in [0, 0.1) is 11.8 Å². The van der Waals surface area contributed by atoms with Gasteiger partial charge in [0, 0.05) is 0 Å². The van der Waals surface area contributed by atoms with Gasteiger partial charge in [0.1, 0.15) is 0 Å². The van der Waals surface area contributed by atoms with Gasteiger partial charge >= 0.3 is 11.9 Å². The standard InChI is InChI=1S/C10H14O4/c1-6-4-7(9(11)13-2)8(5-6)10(12)14-3/h4,7-8H,5H2,1-3H3/t7-,8-/m0/s1. The van der Waals surface area contributed by atoms with E-state index in [-0.39, 0.29) is 11.9 Å². The van der Waals surface area contributed by atoms with Gasteiger partial charge in [0.25, 0.3) is 0 Å². The monoisotopic (exact) mass is 198 g/mol. The van der Waals surface area contributed by atoms with Gasteiger partial charge in [-0.05, 0) is 13.3 Å². The van der Waals surface area contributed by atoms with Crippen molar-refractivity contribution in [3.8, 4) is 0 Å². The molecule has 0 N–H and O–H groups in total. The molecule has 78 valence electrons. The van der Waals surface area contributed by atoms with Crippen molar-refractivity contribution in [1.29, 1.82) is 0 Å². The lowest BCUT2D eigenvalue weighted by atomic mass is 9.95. The van der Waals surface area contributed by atoms with Crippen molar-refractivity contribution in [1.82, 2.24) is 0 Å². The second kappa shape index (κ2) is 4.26. The van der Waals surface area contributed by atoms with Gasteiger partial charge in [0.2, 0.25) is 0 Å². The highest BCUT2D eigenvalue weighted by atomic mass is 16.5. The van der Waals surface area contributed by atoms with Gasteiger partial charge < -0.3 is 9.47 Å². The predicted molar refractivity (Wildman–Crippen MR) is 49.4 cm³/mol. The summed E-state index contributed by atoms with van der Waals surface area (Å²) in [7, 11) is 2.64. The number of hydrogen-bond acceptors (Lipinski definition) is 4. The van der Waals surface area contributed by atoms with Crippen LogP contribution in [0.15, 0.2) is 11.6 Å². The number of hydrogen-bond donors (Lipinski definition) is 0. The van der Waals surface area contributed by atoms with E-state index in [1.54, 1.807) is 6.08 Å². The number of carbonyl (C=O) groups is 2. The summed E-state index contributed by atoms with van der Waals surface area (Å²) < 4.78 is 9.24. The van der Waals surface area contributed by atoms with E-state index < -0.39 is 11.8 Å². The smallest absolute Gasteiger partial charge is 0.313 e. The molecule has 14 heavy (non-hydrogen) atoms. The molecular formula is C10H14O4. The van der Waals surface area contributed by atoms with E-state index in [0.717, 1.165) is 5.57 Å². The highest BCUT2D eigenvalue weighted by Gasteiger charge is 2.37. The van der Waals surface area contributed by atoms with E-state index in [0.29, 0.717) is 6.42 Å². The van der Waals surface area contributed by atoms with Crippen LogP contribution in [-0.4, -0.2) is 26.2 Å². The van der Waals surface area contributed by atoms with Crippen molar-refractivity contribution in [2.75, 3.05) is 14.2 Å². The summed E-state index contributed by atoms with van der Waals surface area (Å²) in [5, 5.41) is 0. The molecule has 0 aromatic carbocycles. The topological polar surface area (TPSA) is 52.6 Å². The van der Waals surface area contributed by atoms with Crippen LogP contribution >= 0.6 is 0 Å². The average Bonchev–Trinajstić information content (AvgIpc) is 2.58. The first-order valence-corrected chi connectivity index (χ1v) is 4.43. The maximum atomic E-state index is 11.3. The summed E-state index contributed by atoms with van der Waals surface area (Å²) in [5.41, 5.74) is 1.02. The molecule has 0 aromatic heterocycles. The normalized spacial score (nSPS) is 25.5. The lowest BCUT2D eigenvalue weighted by molar-refractivity contribution is -0.154. The van der Waals surface area contributed by atoms with E-state index >= 15 is 0 Å². The quantitative estimate of drug-likeness (QED) is 0.489. The molecule has 4 heteroatoms. The molecule has 0 aliphatic heterocycles. The number of carbonyl (C=O) groups excluding carboxylic acids is 2. The van der Waals surface area contributed by atoms with Gasteiger partial charge in [-0.25, -0.2) is 0 Å². The second-order valence-electron chi connectivity index (χ2n) is 3.40. The highest BCUT2D eigenvalue weighted by molar-refractivity contribution is 5.84. The number of methoxy groups -OCH3 is 2. The zero-order valence-corrected chi connectivity index (χ0v) is 8.57. The van der Waals surface area contributed by atoms with Gasteiger partial charge in [0.05, 0.1) is 26.1 Å². The molecule has 0 bridgehead atoms. The van der Waals surface area contributed by atoms with Crippen molar-refractivity contribution in [3.05, 3.63) is 11.6 Å². The van der Waals surface area contributed by atoms with Crippen molar-refractivity contribution in [2.45, 2.75) is 13.3 Å². The maximum Gasteiger partial charge on any atom is 0.313 e. The predicted octanol–water partition coefficient (Wildman–Crippen LogP) is 0.915. The summed E-state index contributed by atoms with van der Waals surface area (Å²) in [5.74, 6) is -1.62.